The number of Topliss-reactive ketones (excluding diaryl/α,β-unsaturated/α-hetero) is 1. The number of tetrazole rings is 1. The van der Waals surface area contributed by atoms with Gasteiger partial charge < -0.3 is 9.88 Å². The molecule has 0 bridgehead atoms. The van der Waals surface area contributed by atoms with Crippen molar-refractivity contribution >= 4 is 29.4 Å². The maximum Gasteiger partial charge on any atom is 0.247 e. The summed E-state index contributed by atoms with van der Waals surface area (Å²) in [7, 11) is 0. The summed E-state index contributed by atoms with van der Waals surface area (Å²) in [5.41, 5.74) is 3.91. The number of aromatic amines is 1. The van der Waals surface area contributed by atoms with Gasteiger partial charge in [0.15, 0.2) is 11.6 Å². The SMILES string of the molecule is O=C(Cc1ccc(-c2ncc[nH]2)cc1)[C@@H]1c2ccccc2CCN1C(=O)/C=C/c1c(-n2cnnn2)ccc(Cl)c1F. The van der Waals surface area contributed by atoms with Crippen LogP contribution < -0.4 is 0 Å². The van der Waals surface area contributed by atoms with Gasteiger partial charge in [-0.2, -0.15) is 4.68 Å². The number of aromatic nitrogens is 6. The van der Waals surface area contributed by atoms with Gasteiger partial charge in [0.2, 0.25) is 5.91 Å². The van der Waals surface area contributed by atoms with Gasteiger partial charge in [-0.25, -0.2) is 9.37 Å². The second-order valence-electron chi connectivity index (χ2n) is 9.54. The number of hydrogen-bond acceptors (Lipinski definition) is 6. The summed E-state index contributed by atoms with van der Waals surface area (Å²) >= 11 is 6.03. The molecule has 0 radical (unpaired) electrons. The lowest BCUT2D eigenvalue weighted by molar-refractivity contribution is -0.136. The van der Waals surface area contributed by atoms with E-state index in [9.17, 15) is 9.59 Å². The van der Waals surface area contributed by atoms with Crippen LogP contribution in [-0.2, 0) is 22.4 Å². The Morgan fingerprint density at radius 3 is 2.68 bits per heavy atom. The first-order valence-electron chi connectivity index (χ1n) is 12.9. The van der Waals surface area contributed by atoms with Gasteiger partial charge in [-0.3, -0.25) is 9.59 Å². The fourth-order valence-corrected chi connectivity index (χ4v) is 5.25. The van der Waals surface area contributed by atoms with Crippen LogP contribution in [0.25, 0.3) is 23.2 Å². The molecular weight excluding hydrogens is 545 g/mol. The maximum absolute atomic E-state index is 15.1. The molecule has 9 nitrogen and oxygen atoms in total. The number of nitrogens with zero attached hydrogens (tertiary/aromatic N) is 6. The second kappa shape index (κ2) is 11.3. The first-order valence-corrected chi connectivity index (χ1v) is 13.3. The van der Waals surface area contributed by atoms with Gasteiger partial charge in [0.05, 0.1) is 10.7 Å². The van der Waals surface area contributed by atoms with Crippen LogP contribution in [0, 0.1) is 5.82 Å². The number of ketones is 1. The van der Waals surface area contributed by atoms with Crippen molar-refractivity contribution in [2.45, 2.75) is 18.9 Å². The third kappa shape index (κ3) is 5.29. The monoisotopic (exact) mass is 567 g/mol. The van der Waals surface area contributed by atoms with Crippen LogP contribution in [0.15, 0.2) is 85.5 Å². The van der Waals surface area contributed by atoms with E-state index in [1.165, 1.54) is 34.1 Å². The summed E-state index contributed by atoms with van der Waals surface area (Å²) in [5.74, 6) is -0.508. The Morgan fingerprint density at radius 1 is 1.10 bits per heavy atom. The van der Waals surface area contributed by atoms with Crippen LogP contribution in [0.5, 0.6) is 0 Å². The standard InChI is InChI=1S/C30H23ClFN7O2/c31-24-10-11-25(39-18-35-36-37-39)23(28(24)32)9-12-27(41)38-16-13-20-3-1-2-4-22(20)29(38)26(40)17-19-5-7-21(8-6-19)30-33-14-15-34-30/h1-12,14-15,18,29H,13,16-17H2,(H,33,34)/b12-9+/t29-/m0/s1. The lowest BCUT2D eigenvalue weighted by Gasteiger charge is -2.36. The van der Waals surface area contributed by atoms with Crippen LogP contribution in [-0.4, -0.2) is 53.3 Å². The predicted molar refractivity (Wildman–Crippen MR) is 150 cm³/mol. The summed E-state index contributed by atoms with van der Waals surface area (Å²) < 4.78 is 16.3. The maximum atomic E-state index is 15.1. The molecule has 41 heavy (non-hydrogen) atoms. The van der Waals surface area contributed by atoms with Crippen molar-refractivity contribution in [3.63, 3.8) is 0 Å². The zero-order valence-electron chi connectivity index (χ0n) is 21.6. The Morgan fingerprint density at radius 2 is 1.93 bits per heavy atom. The van der Waals surface area contributed by atoms with Crippen molar-refractivity contribution in [1.29, 1.82) is 0 Å². The minimum absolute atomic E-state index is 0.0510. The highest BCUT2D eigenvalue weighted by Crippen LogP contribution is 2.32. The normalized spacial score (nSPS) is 14.8. The van der Waals surface area contributed by atoms with Gasteiger partial charge in [0.25, 0.3) is 0 Å². The van der Waals surface area contributed by atoms with Gasteiger partial charge in [0, 0.05) is 42.6 Å². The Labute approximate surface area is 239 Å². The summed E-state index contributed by atoms with van der Waals surface area (Å²) in [6.07, 6.45) is 8.09. The van der Waals surface area contributed by atoms with E-state index in [0.29, 0.717) is 18.7 Å². The predicted octanol–water partition coefficient (Wildman–Crippen LogP) is 4.80. The molecule has 1 atom stereocenters. The van der Waals surface area contributed by atoms with E-state index in [4.69, 9.17) is 11.6 Å². The Balaban J connectivity index is 1.29. The summed E-state index contributed by atoms with van der Waals surface area (Å²) in [5, 5.41) is 10.9. The average Bonchev–Trinajstić information content (AvgIpc) is 3.73. The highest BCUT2D eigenvalue weighted by Gasteiger charge is 2.34. The van der Waals surface area contributed by atoms with E-state index in [0.717, 1.165) is 28.1 Å². The van der Waals surface area contributed by atoms with Crippen LogP contribution in [0.1, 0.15) is 28.3 Å². The first-order chi connectivity index (χ1) is 20.0. The van der Waals surface area contributed by atoms with Gasteiger partial charge in [-0.15, -0.1) is 5.10 Å². The molecular formula is C30H23ClFN7O2. The van der Waals surface area contributed by atoms with Crippen LogP contribution >= 0.6 is 11.6 Å². The molecule has 11 heteroatoms. The average molecular weight is 568 g/mol. The minimum atomic E-state index is -0.787. The van der Waals surface area contributed by atoms with Gasteiger partial charge >= 0.3 is 0 Å². The van der Waals surface area contributed by atoms with Crippen LogP contribution in [0.4, 0.5) is 4.39 Å². The molecule has 1 aliphatic rings. The molecule has 0 aliphatic carbocycles. The number of benzene rings is 3. The number of amides is 1. The fourth-order valence-electron chi connectivity index (χ4n) is 5.09. The molecule has 0 saturated heterocycles. The van der Waals surface area contributed by atoms with E-state index in [2.05, 4.69) is 25.5 Å². The zero-order valence-corrected chi connectivity index (χ0v) is 22.4. The number of nitrogens with one attached hydrogen (secondary N) is 1. The lowest BCUT2D eigenvalue weighted by atomic mass is 9.88. The highest BCUT2D eigenvalue weighted by atomic mass is 35.5. The number of carbonyl (C=O) groups excluding carboxylic acids is 2. The van der Waals surface area contributed by atoms with Crippen LogP contribution in [0.3, 0.4) is 0 Å². The molecule has 3 heterocycles. The molecule has 3 aromatic carbocycles. The third-order valence-corrected chi connectivity index (χ3v) is 7.37. The molecule has 1 aliphatic heterocycles. The molecule has 0 spiro atoms. The van der Waals surface area contributed by atoms with E-state index in [1.807, 2.05) is 48.5 Å². The largest absolute Gasteiger partial charge is 0.345 e. The van der Waals surface area contributed by atoms with Crippen LogP contribution in [0.2, 0.25) is 5.02 Å². The number of H-pyrrole nitrogens is 1. The molecule has 1 N–H and O–H groups in total. The van der Waals surface area contributed by atoms with E-state index in [-0.39, 0.29) is 22.8 Å². The van der Waals surface area contributed by atoms with Gasteiger partial charge in [0.1, 0.15) is 18.2 Å². The Hall–Kier alpha value is -4.96. The number of hydrogen-bond donors (Lipinski definition) is 1. The van der Waals surface area contributed by atoms with Crippen molar-refractivity contribution in [1.82, 2.24) is 35.1 Å². The van der Waals surface area contributed by atoms with E-state index in [1.54, 1.807) is 18.5 Å². The third-order valence-electron chi connectivity index (χ3n) is 7.07. The lowest BCUT2D eigenvalue weighted by Crippen LogP contribution is -2.43. The number of carbonyl (C=O) groups is 2. The van der Waals surface area contributed by atoms with Crippen molar-refractivity contribution in [2.24, 2.45) is 0 Å². The Kier molecular flexibility index (Phi) is 7.22. The molecule has 5 aromatic rings. The molecule has 0 fully saturated rings. The zero-order chi connectivity index (χ0) is 28.3. The number of halogens is 2. The number of rotatable bonds is 7. The van der Waals surface area contributed by atoms with Crippen molar-refractivity contribution in [2.75, 3.05) is 6.54 Å². The van der Waals surface area contributed by atoms with E-state index >= 15 is 4.39 Å². The molecule has 6 rings (SSSR count). The molecule has 2 aromatic heterocycles. The number of fused-ring (bicyclic) bond motifs is 1. The summed E-state index contributed by atoms with van der Waals surface area (Å²) in [6.45, 7) is 0.339. The molecule has 0 unspecified atom stereocenters. The van der Waals surface area contributed by atoms with Crippen molar-refractivity contribution in [3.8, 4) is 17.1 Å². The molecule has 204 valence electrons. The smallest absolute Gasteiger partial charge is 0.247 e. The molecule has 1 amide bonds. The Bertz CT molecular complexity index is 1740. The highest BCUT2D eigenvalue weighted by molar-refractivity contribution is 6.31. The quantitative estimate of drug-likeness (QED) is 0.283. The summed E-state index contributed by atoms with van der Waals surface area (Å²) in [6, 6.07) is 17.4. The fraction of sp³-hybridized carbons (Fsp3) is 0.133. The molecule has 0 saturated carbocycles. The second-order valence-corrected chi connectivity index (χ2v) is 9.95. The first kappa shape index (κ1) is 26.3. The number of imidazole rings is 1. The van der Waals surface area contributed by atoms with E-state index < -0.39 is 17.8 Å². The minimum Gasteiger partial charge on any atom is -0.345 e. The van der Waals surface area contributed by atoms with Gasteiger partial charge in [-0.05, 0) is 51.7 Å². The summed E-state index contributed by atoms with van der Waals surface area (Å²) in [4.78, 5) is 36.3. The topological polar surface area (TPSA) is 110 Å². The van der Waals surface area contributed by atoms with Crippen molar-refractivity contribution in [3.05, 3.63) is 119 Å². The van der Waals surface area contributed by atoms with Gasteiger partial charge in [-0.1, -0.05) is 60.1 Å². The van der Waals surface area contributed by atoms with Crippen molar-refractivity contribution < 1.29 is 14.0 Å².